The highest BCUT2D eigenvalue weighted by molar-refractivity contribution is 7.90. The molecule has 11 nitrogen and oxygen atoms in total. The first-order valence-corrected chi connectivity index (χ1v) is 18.6. The van der Waals surface area contributed by atoms with E-state index in [2.05, 4.69) is 45.8 Å². The van der Waals surface area contributed by atoms with Gasteiger partial charge in [0.2, 0.25) is 5.88 Å². The number of sulfonamides is 1. The van der Waals surface area contributed by atoms with Crippen LogP contribution in [0.15, 0.2) is 71.8 Å². The number of aromatic nitrogens is 4. The van der Waals surface area contributed by atoms with Crippen molar-refractivity contribution in [3.05, 3.63) is 83.7 Å². The number of pyridine rings is 4. The smallest absolute Gasteiger partial charge is 0.433 e. The number of carbonyl (C=O) groups excluding carboxylic acids is 1. The molecule has 4 aromatic heterocycles. The second-order valence-corrected chi connectivity index (χ2v) is 16.7. The summed E-state index contributed by atoms with van der Waals surface area (Å²) in [5.41, 5.74) is -0.312. The summed E-state index contributed by atoms with van der Waals surface area (Å²) in [6.07, 6.45) is -2.21. The molecule has 4 bridgehead atoms. The molecule has 15 heteroatoms. The van der Waals surface area contributed by atoms with Gasteiger partial charge in [0.1, 0.15) is 17.3 Å². The van der Waals surface area contributed by atoms with E-state index in [-0.39, 0.29) is 34.2 Å². The van der Waals surface area contributed by atoms with Crippen LogP contribution in [0.5, 0.6) is 5.88 Å². The number of rotatable bonds is 5. The van der Waals surface area contributed by atoms with Crippen LogP contribution in [0.1, 0.15) is 88.1 Å². The summed E-state index contributed by atoms with van der Waals surface area (Å²) in [5.74, 6) is -0.0342. The number of carbonyl (C=O) groups is 1. The highest BCUT2D eigenvalue weighted by Gasteiger charge is 2.41. The van der Waals surface area contributed by atoms with E-state index in [9.17, 15) is 26.4 Å². The van der Waals surface area contributed by atoms with Crippen molar-refractivity contribution in [3.63, 3.8) is 0 Å². The second-order valence-electron chi connectivity index (χ2n) is 15.1. The molecule has 0 radical (unpaired) electrons. The normalized spacial score (nSPS) is 20.2. The number of nitrogens with zero attached hydrogens (tertiary/aromatic N) is 5. The van der Waals surface area contributed by atoms with Crippen molar-refractivity contribution in [2.75, 3.05) is 23.4 Å². The van der Waals surface area contributed by atoms with E-state index >= 15 is 0 Å². The van der Waals surface area contributed by atoms with Crippen LogP contribution < -0.4 is 19.7 Å². The Morgan fingerprint density at radius 1 is 0.904 bits per heavy atom. The molecule has 52 heavy (non-hydrogen) atoms. The van der Waals surface area contributed by atoms with E-state index in [0.29, 0.717) is 49.7 Å². The van der Waals surface area contributed by atoms with Crippen LogP contribution in [0, 0.1) is 11.3 Å². The zero-order valence-electron chi connectivity index (χ0n) is 29.7. The van der Waals surface area contributed by atoms with Crippen molar-refractivity contribution in [1.29, 1.82) is 0 Å². The number of ether oxygens (including phenoxy) is 1. The molecular weight excluding hydrogens is 696 g/mol. The van der Waals surface area contributed by atoms with E-state index in [0.717, 1.165) is 12.5 Å². The summed E-state index contributed by atoms with van der Waals surface area (Å²) < 4.78 is 76.2. The van der Waals surface area contributed by atoms with Gasteiger partial charge in [0.05, 0.1) is 35.3 Å². The number of alkyl halides is 3. The average molecular weight is 738 g/mol. The Hall–Kier alpha value is -4.79. The predicted molar refractivity (Wildman–Crippen MR) is 190 cm³/mol. The third kappa shape index (κ3) is 8.46. The highest BCUT2D eigenvalue weighted by atomic mass is 32.2. The SMILES string of the molecule is CC(C)(C)CCOc1cccc(-c2ccc3c(n2)N2C[C@@H](CC[C@H](c4cccc(C(F)(F)F)n4)Nc4cccc(n4)S(=O)(=O)NC3=O)CC2(C)C)n1. The van der Waals surface area contributed by atoms with Crippen molar-refractivity contribution in [2.24, 2.45) is 11.3 Å². The maximum absolute atomic E-state index is 13.9. The van der Waals surface area contributed by atoms with E-state index in [1.165, 1.54) is 30.3 Å². The van der Waals surface area contributed by atoms with Gasteiger partial charge in [0.25, 0.3) is 15.9 Å². The number of hydrogen-bond acceptors (Lipinski definition) is 10. The van der Waals surface area contributed by atoms with Gasteiger partial charge < -0.3 is 15.0 Å². The molecule has 6 heterocycles. The molecule has 1 saturated heterocycles. The molecule has 276 valence electrons. The van der Waals surface area contributed by atoms with Crippen LogP contribution in [0.4, 0.5) is 24.8 Å². The predicted octanol–water partition coefficient (Wildman–Crippen LogP) is 7.44. The average Bonchev–Trinajstić information content (AvgIpc) is 3.38. The van der Waals surface area contributed by atoms with Gasteiger partial charge in [-0.15, -0.1) is 0 Å². The molecule has 2 N–H and O–H groups in total. The summed E-state index contributed by atoms with van der Waals surface area (Å²) in [6.45, 7) is 11.4. The maximum Gasteiger partial charge on any atom is 0.433 e. The first-order chi connectivity index (χ1) is 24.4. The number of anilines is 2. The zero-order valence-corrected chi connectivity index (χ0v) is 30.5. The van der Waals surface area contributed by atoms with Crippen LogP contribution in [-0.2, 0) is 16.2 Å². The van der Waals surface area contributed by atoms with Crippen molar-refractivity contribution in [3.8, 4) is 17.3 Å². The van der Waals surface area contributed by atoms with Crippen LogP contribution in [0.25, 0.3) is 11.4 Å². The number of fused-ring (bicyclic) bond motifs is 6. The maximum atomic E-state index is 13.9. The Bertz CT molecular complexity index is 2070. The van der Waals surface area contributed by atoms with Crippen molar-refractivity contribution >= 4 is 27.6 Å². The fourth-order valence-electron chi connectivity index (χ4n) is 6.58. The Balaban J connectivity index is 1.40. The minimum absolute atomic E-state index is 0.0392. The molecule has 1 amide bonds. The molecule has 0 aliphatic carbocycles. The standard InChI is InChI=1S/C37H42F3N7O4S/c1-35(2,3)19-20-51-31-13-7-10-26(43-31)28-18-16-24-33(44-28)47-22-23(21-36(47,4)5)15-17-27(25-9-6-11-29(41-25)37(38,39)40)42-30-12-8-14-32(45-30)52(49,50)46-34(24)48/h6-14,16,18,23,27H,15,17,19-22H2,1-5H3,(H,42,45)(H,46,48)/t23-,27+/m0/s1. The lowest BCUT2D eigenvalue weighted by atomic mass is 9.91. The fraction of sp³-hybridized carbons (Fsp3) is 0.432. The minimum Gasteiger partial charge on any atom is -0.478 e. The second kappa shape index (κ2) is 14.0. The van der Waals surface area contributed by atoms with Crippen molar-refractivity contribution in [2.45, 2.75) is 83.1 Å². The highest BCUT2D eigenvalue weighted by Crippen LogP contribution is 2.41. The molecule has 0 unspecified atom stereocenters. The van der Waals surface area contributed by atoms with Gasteiger partial charge in [0.15, 0.2) is 5.03 Å². The number of amides is 1. The first kappa shape index (κ1) is 37.0. The molecule has 2 aliphatic rings. The van der Waals surface area contributed by atoms with Gasteiger partial charge in [-0.05, 0) is 93.3 Å². The molecule has 0 spiro atoms. The molecule has 0 saturated carbocycles. The van der Waals surface area contributed by atoms with Gasteiger partial charge in [0, 0.05) is 18.2 Å². The summed E-state index contributed by atoms with van der Waals surface area (Å²) in [6, 6.07) is 15.7. The van der Waals surface area contributed by atoms with Crippen molar-refractivity contribution in [1.82, 2.24) is 24.7 Å². The van der Waals surface area contributed by atoms with Gasteiger partial charge >= 0.3 is 6.18 Å². The van der Waals surface area contributed by atoms with Crippen molar-refractivity contribution < 1.29 is 31.1 Å². The van der Waals surface area contributed by atoms with Crippen LogP contribution >= 0.6 is 0 Å². The van der Waals surface area contributed by atoms with Gasteiger partial charge in [-0.1, -0.05) is 39.0 Å². The van der Waals surface area contributed by atoms with E-state index in [4.69, 9.17) is 9.72 Å². The molecule has 6 rings (SSSR count). The molecule has 2 atom stereocenters. The van der Waals surface area contributed by atoms with Gasteiger partial charge in [-0.25, -0.2) is 24.7 Å². The number of nitrogens with one attached hydrogen (secondary N) is 2. The quantitative estimate of drug-likeness (QED) is 0.213. The summed E-state index contributed by atoms with van der Waals surface area (Å²) >= 11 is 0. The summed E-state index contributed by atoms with van der Waals surface area (Å²) in [7, 11) is -4.50. The van der Waals surface area contributed by atoms with E-state index < -0.39 is 44.4 Å². The summed E-state index contributed by atoms with van der Waals surface area (Å²) in [5, 5.41) is 2.67. The third-order valence-corrected chi connectivity index (χ3v) is 10.5. The molecule has 2 aliphatic heterocycles. The lowest BCUT2D eigenvalue weighted by molar-refractivity contribution is -0.141. The Labute approximate surface area is 301 Å². The van der Waals surface area contributed by atoms with Gasteiger partial charge in [-0.3, -0.25) is 4.79 Å². The molecule has 1 fully saturated rings. The number of halogens is 3. The molecule has 4 aromatic rings. The number of hydrogen-bond donors (Lipinski definition) is 2. The largest absolute Gasteiger partial charge is 0.478 e. The van der Waals surface area contributed by atoms with E-state index in [1.54, 1.807) is 24.3 Å². The fourth-order valence-corrected chi connectivity index (χ4v) is 7.51. The van der Waals surface area contributed by atoms with Crippen LogP contribution in [-0.4, -0.2) is 53.0 Å². The summed E-state index contributed by atoms with van der Waals surface area (Å²) in [4.78, 5) is 33.6. The molecular formula is C37H42F3N7O4S. The van der Waals surface area contributed by atoms with Crippen LogP contribution in [0.2, 0.25) is 0 Å². The lowest BCUT2D eigenvalue weighted by Gasteiger charge is -2.34. The zero-order chi connectivity index (χ0) is 37.5. The minimum atomic E-state index is -4.65. The Morgan fingerprint density at radius 3 is 2.38 bits per heavy atom. The topological polar surface area (TPSA) is 139 Å². The van der Waals surface area contributed by atoms with Crippen LogP contribution in [0.3, 0.4) is 0 Å². The lowest BCUT2D eigenvalue weighted by Crippen LogP contribution is -2.41. The Kier molecular flexibility index (Phi) is 9.94. The monoisotopic (exact) mass is 737 g/mol. The third-order valence-electron chi connectivity index (χ3n) is 9.25. The van der Waals surface area contributed by atoms with Gasteiger partial charge in [-0.2, -0.15) is 21.6 Å². The van der Waals surface area contributed by atoms with E-state index in [1.807, 2.05) is 24.8 Å². The first-order valence-electron chi connectivity index (χ1n) is 17.1. The molecule has 0 aromatic carbocycles. The Morgan fingerprint density at radius 2 is 1.63 bits per heavy atom.